The molecule has 0 N–H and O–H groups in total. The Labute approximate surface area is 161 Å². The maximum Gasteiger partial charge on any atom is 0.270 e. The topological polar surface area (TPSA) is 47.2 Å². The molecule has 6 heteroatoms. The Morgan fingerprint density at radius 3 is 2.81 bits per heavy atom. The molecule has 1 saturated heterocycles. The molecule has 5 nitrogen and oxygen atoms in total. The van der Waals surface area contributed by atoms with Crippen molar-refractivity contribution in [3.8, 4) is 0 Å². The number of hydrogen-bond donors (Lipinski definition) is 0. The molecule has 0 spiro atoms. The van der Waals surface area contributed by atoms with E-state index in [1.54, 1.807) is 6.07 Å². The number of aryl methyl sites for hydroxylation is 1. The summed E-state index contributed by atoms with van der Waals surface area (Å²) in [6, 6.07) is 13.1. The van der Waals surface area contributed by atoms with E-state index < -0.39 is 0 Å². The Bertz CT molecular complexity index is 1130. The first-order valence-corrected chi connectivity index (χ1v) is 9.63. The Morgan fingerprint density at radius 2 is 1.96 bits per heavy atom. The lowest BCUT2D eigenvalue weighted by atomic mass is 9.83. The third kappa shape index (κ3) is 2.60. The predicted octanol–water partition coefficient (Wildman–Crippen LogP) is 3.25. The number of amides is 1. The number of pyridine rings is 1. The van der Waals surface area contributed by atoms with E-state index in [0.29, 0.717) is 36.3 Å². The summed E-state index contributed by atoms with van der Waals surface area (Å²) in [4.78, 5) is 27.4. The van der Waals surface area contributed by atoms with E-state index in [1.807, 2.05) is 57.5 Å². The van der Waals surface area contributed by atoms with E-state index in [2.05, 4.69) is 0 Å². The van der Waals surface area contributed by atoms with Crippen molar-refractivity contribution >= 4 is 28.4 Å². The lowest BCUT2D eigenvalue weighted by Gasteiger charge is -2.42. The Hall–Kier alpha value is -2.53. The summed E-state index contributed by atoms with van der Waals surface area (Å²) >= 11 is 6.12. The van der Waals surface area contributed by atoms with Gasteiger partial charge in [0.25, 0.3) is 11.5 Å². The third-order valence-electron chi connectivity index (χ3n) is 5.99. The van der Waals surface area contributed by atoms with Gasteiger partial charge in [0.05, 0.1) is 0 Å². The molecule has 1 aromatic carbocycles. The van der Waals surface area contributed by atoms with Crippen LogP contribution in [0.4, 0.5) is 0 Å². The van der Waals surface area contributed by atoms with E-state index in [-0.39, 0.29) is 17.4 Å². The molecule has 27 heavy (non-hydrogen) atoms. The first-order chi connectivity index (χ1) is 13.0. The summed E-state index contributed by atoms with van der Waals surface area (Å²) in [5.41, 5.74) is 2.75. The van der Waals surface area contributed by atoms with Gasteiger partial charge in [-0.2, -0.15) is 0 Å². The number of benzene rings is 1. The molecule has 0 radical (unpaired) electrons. The van der Waals surface area contributed by atoms with Gasteiger partial charge in [-0.05, 0) is 36.6 Å². The molecule has 0 saturated carbocycles. The van der Waals surface area contributed by atoms with Crippen LogP contribution in [0.1, 0.15) is 28.5 Å². The summed E-state index contributed by atoms with van der Waals surface area (Å²) < 4.78 is 3.81. The molecule has 2 aliphatic rings. The van der Waals surface area contributed by atoms with Crippen LogP contribution in [-0.2, 0) is 13.6 Å². The van der Waals surface area contributed by atoms with Crippen molar-refractivity contribution in [3.05, 3.63) is 69.2 Å². The first kappa shape index (κ1) is 16.6. The van der Waals surface area contributed by atoms with Gasteiger partial charge in [0.15, 0.2) is 0 Å². The van der Waals surface area contributed by atoms with Crippen LogP contribution < -0.4 is 5.56 Å². The SMILES string of the molecule is Cn1c(C(=O)N2C[C@@H]3C[C@H](C2)c2cccc(=O)n2C3)cc2ccc(Cl)cc21. The van der Waals surface area contributed by atoms with E-state index in [9.17, 15) is 9.59 Å². The highest BCUT2D eigenvalue weighted by Gasteiger charge is 2.37. The molecular weight excluding hydrogens is 362 g/mol. The molecule has 2 atom stereocenters. The fourth-order valence-corrected chi connectivity index (χ4v) is 4.90. The van der Waals surface area contributed by atoms with Gasteiger partial charge in [0, 0.05) is 60.3 Å². The van der Waals surface area contributed by atoms with Gasteiger partial charge < -0.3 is 14.0 Å². The molecule has 138 valence electrons. The van der Waals surface area contributed by atoms with Crippen LogP contribution in [0.15, 0.2) is 47.3 Å². The van der Waals surface area contributed by atoms with Crippen molar-refractivity contribution in [2.75, 3.05) is 13.1 Å². The Morgan fingerprint density at radius 1 is 1.11 bits per heavy atom. The zero-order chi connectivity index (χ0) is 18.7. The van der Waals surface area contributed by atoms with Gasteiger partial charge in [-0.3, -0.25) is 9.59 Å². The fourth-order valence-electron chi connectivity index (χ4n) is 4.73. The second kappa shape index (κ2) is 5.99. The van der Waals surface area contributed by atoms with Gasteiger partial charge in [-0.25, -0.2) is 0 Å². The number of fused-ring (bicyclic) bond motifs is 5. The number of aromatic nitrogens is 2. The zero-order valence-electron chi connectivity index (χ0n) is 15.1. The lowest BCUT2D eigenvalue weighted by Crippen LogP contribution is -2.49. The van der Waals surface area contributed by atoms with Crippen molar-refractivity contribution in [2.24, 2.45) is 13.0 Å². The van der Waals surface area contributed by atoms with Gasteiger partial charge in [-0.1, -0.05) is 23.7 Å². The number of halogens is 1. The number of likely N-dealkylation sites (tertiary alicyclic amines) is 1. The van der Waals surface area contributed by atoms with Crippen molar-refractivity contribution < 1.29 is 4.79 Å². The van der Waals surface area contributed by atoms with Crippen LogP contribution in [0, 0.1) is 5.92 Å². The average Bonchev–Trinajstić information content (AvgIpc) is 2.98. The fraction of sp³-hybridized carbons (Fsp3) is 0.333. The Kier molecular flexibility index (Phi) is 3.69. The summed E-state index contributed by atoms with van der Waals surface area (Å²) in [7, 11) is 1.91. The molecule has 3 aromatic rings. The van der Waals surface area contributed by atoms with E-state index >= 15 is 0 Å². The minimum atomic E-state index is 0.0475. The van der Waals surface area contributed by atoms with Crippen LogP contribution >= 0.6 is 11.6 Å². The lowest BCUT2D eigenvalue weighted by molar-refractivity contribution is 0.0585. The van der Waals surface area contributed by atoms with Crippen LogP contribution in [0.3, 0.4) is 0 Å². The molecule has 4 heterocycles. The van der Waals surface area contributed by atoms with Crippen molar-refractivity contribution in [1.29, 1.82) is 0 Å². The predicted molar refractivity (Wildman–Crippen MR) is 105 cm³/mol. The van der Waals surface area contributed by atoms with E-state index in [4.69, 9.17) is 11.6 Å². The molecular formula is C21H20ClN3O2. The monoisotopic (exact) mass is 381 g/mol. The maximum atomic E-state index is 13.3. The maximum absolute atomic E-state index is 13.3. The normalized spacial score (nSPS) is 21.3. The first-order valence-electron chi connectivity index (χ1n) is 9.25. The molecule has 0 unspecified atom stereocenters. The van der Waals surface area contributed by atoms with Crippen LogP contribution in [0.5, 0.6) is 0 Å². The molecule has 2 bridgehead atoms. The van der Waals surface area contributed by atoms with E-state index in [0.717, 1.165) is 23.0 Å². The number of piperidine rings is 1. The number of nitrogens with zero attached hydrogens (tertiary/aromatic N) is 3. The van der Waals surface area contributed by atoms with Gasteiger partial charge >= 0.3 is 0 Å². The van der Waals surface area contributed by atoms with Crippen molar-refractivity contribution in [3.63, 3.8) is 0 Å². The molecule has 0 aliphatic carbocycles. The summed E-state index contributed by atoms with van der Waals surface area (Å²) in [6.45, 7) is 2.04. The summed E-state index contributed by atoms with van der Waals surface area (Å²) in [6.07, 6.45) is 1.04. The largest absolute Gasteiger partial charge is 0.340 e. The molecule has 1 fully saturated rings. The quantitative estimate of drug-likeness (QED) is 0.649. The second-order valence-corrected chi connectivity index (χ2v) is 8.14. The van der Waals surface area contributed by atoms with Gasteiger partial charge in [-0.15, -0.1) is 0 Å². The zero-order valence-corrected chi connectivity index (χ0v) is 15.8. The van der Waals surface area contributed by atoms with Crippen molar-refractivity contribution in [1.82, 2.24) is 14.0 Å². The summed E-state index contributed by atoms with van der Waals surface area (Å²) in [5, 5.41) is 1.68. The third-order valence-corrected chi connectivity index (χ3v) is 6.23. The number of carbonyl (C=O) groups excluding carboxylic acids is 1. The molecule has 2 aromatic heterocycles. The number of rotatable bonds is 1. The molecule has 1 amide bonds. The standard InChI is InChI=1S/C21H20ClN3O2/c1-23-18-9-16(22)6-5-14(18)8-19(23)21(27)24-10-13-7-15(12-24)17-3-2-4-20(26)25(17)11-13/h2-6,8-9,13,15H,7,10-12H2,1H3/t13-,15+/m0/s1. The van der Waals surface area contributed by atoms with Crippen molar-refractivity contribution in [2.45, 2.75) is 18.9 Å². The number of hydrogen-bond acceptors (Lipinski definition) is 2. The highest BCUT2D eigenvalue weighted by molar-refractivity contribution is 6.31. The molecule has 2 aliphatic heterocycles. The average molecular weight is 382 g/mol. The smallest absolute Gasteiger partial charge is 0.270 e. The second-order valence-electron chi connectivity index (χ2n) is 7.70. The minimum absolute atomic E-state index is 0.0475. The van der Waals surface area contributed by atoms with Gasteiger partial charge in [0.2, 0.25) is 0 Å². The highest BCUT2D eigenvalue weighted by Crippen LogP contribution is 2.35. The van der Waals surface area contributed by atoms with Crippen LogP contribution in [0.25, 0.3) is 10.9 Å². The Balaban J connectivity index is 1.49. The summed E-state index contributed by atoms with van der Waals surface area (Å²) in [5.74, 6) is 0.593. The van der Waals surface area contributed by atoms with E-state index in [1.165, 1.54) is 0 Å². The number of carbonyl (C=O) groups is 1. The van der Waals surface area contributed by atoms with Gasteiger partial charge in [0.1, 0.15) is 5.69 Å². The van der Waals surface area contributed by atoms with Crippen LogP contribution in [-0.4, -0.2) is 33.0 Å². The highest BCUT2D eigenvalue weighted by atomic mass is 35.5. The minimum Gasteiger partial charge on any atom is -0.340 e. The van der Waals surface area contributed by atoms with Crippen LogP contribution in [0.2, 0.25) is 5.02 Å². The molecule has 5 rings (SSSR count).